The van der Waals surface area contributed by atoms with Gasteiger partial charge < -0.3 is 18.9 Å². The van der Waals surface area contributed by atoms with E-state index in [0.29, 0.717) is 58.3 Å². The second kappa shape index (κ2) is 14.2. The number of nitrogens with zero attached hydrogens (tertiary/aromatic N) is 1. The molecule has 4 amide bonds. The Labute approximate surface area is 249 Å². The molecule has 3 aromatic carbocycles. The van der Waals surface area contributed by atoms with Crippen LogP contribution in [0.3, 0.4) is 0 Å². The minimum Gasteiger partial charge on any atom is -0.493 e. The molecule has 1 aliphatic heterocycles. The molecule has 0 aromatic heterocycles. The van der Waals surface area contributed by atoms with Crippen molar-refractivity contribution in [1.29, 1.82) is 0 Å². The molecule has 0 bridgehead atoms. The number of hydrogen-bond acceptors (Lipinski definition) is 7. The number of halogens is 1. The molecule has 1 fully saturated rings. The van der Waals surface area contributed by atoms with Crippen molar-refractivity contribution in [2.24, 2.45) is 0 Å². The Kier molecular flexibility index (Phi) is 10.2. The third-order valence-electron chi connectivity index (χ3n) is 6.54. The lowest BCUT2D eigenvalue weighted by atomic mass is 10.0. The van der Waals surface area contributed by atoms with Crippen LogP contribution in [0.25, 0.3) is 6.08 Å². The van der Waals surface area contributed by atoms with Gasteiger partial charge in [-0.15, -0.1) is 6.58 Å². The summed E-state index contributed by atoms with van der Waals surface area (Å²) in [5.41, 5.74) is 2.15. The summed E-state index contributed by atoms with van der Waals surface area (Å²) in [5.74, 6) is -0.170. The summed E-state index contributed by atoms with van der Waals surface area (Å²) in [6, 6.07) is 13.7. The van der Waals surface area contributed by atoms with Crippen molar-refractivity contribution in [1.82, 2.24) is 10.2 Å². The van der Waals surface area contributed by atoms with E-state index in [1.54, 1.807) is 48.5 Å². The highest BCUT2D eigenvalue weighted by Gasteiger charge is 2.36. The Morgan fingerprint density at radius 3 is 2.42 bits per heavy atom. The standard InChI is InChI=1S/C33H33FN2O7/c1-5-8-24-14-23(18-29(41-4)30(24)43-20-22-9-7-10-25(34)15-22)16-26-31(37)35-33(39)36(32(26)38)19-21-11-12-27(42-13-6-2)28(17-21)40-3/h5,7,9-12,14-18H,1,6,8,13,19-20H2,2-4H3,(H,35,37,39)/b26-16+. The first kappa shape index (κ1) is 30.8. The van der Waals surface area contributed by atoms with Gasteiger partial charge in [-0.1, -0.05) is 31.2 Å². The summed E-state index contributed by atoms with van der Waals surface area (Å²) in [6.45, 7) is 6.29. The van der Waals surface area contributed by atoms with E-state index in [1.165, 1.54) is 32.4 Å². The molecular weight excluding hydrogens is 555 g/mol. The van der Waals surface area contributed by atoms with Gasteiger partial charge in [-0.25, -0.2) is 9.18 Å². The molecule has 9 nitrogen and oxygen atoms in total. The normalized spacial score (nSPS) is 14.0. The number of rotatable bonds is 13. The fraction of sp³-hybridized carbons (Fsp3) is 0.242. The zero-order chi connectivity index (χ0) is 30.9. The van der Waals surface area contributed by atoms with Gasteiger partial charge in [0.2, 0.25) is 0 Å². The maximum absolute atomic E-state index is 13.6. The molecule has 0 spiro atoms. The van der Waals surface area contributed by atoms with E-state index >= 15 is 0 Å². The molecule has 10 heteroatoms. The Morgan fingerprint density at radius 1 is 0.930 bits per heavy atom. The summed E-state index contributed by atoms with van der Waals surface area (Å²) >= 11 is 0. The summed E-state index contributed by atoms with van der Waals surface area (Å²) in [7, 11) is 2.97. The van der Waals surface area contributed by atoms with Gasteiger partial charge in [0.25, 0.3) is 11.8 Å². The molecule has 1 saturated heterocycles. The number of nitrogens with one attached hydrogen (secondary N) is 1. The van der Waals surface area contributed by atoms with Crippen LogP contribution in [0, 0.1) is 5.82 Å². The van der Waals surface area contributed by atoms with Crippen molar-refractivity contribution >= 4 is 23.9 Å². The quantitative estimate of drug-likeness (QED) is 0.158. The zero-order valence-electron chi connectivity index (χ0n) is 24.3. The Morgan fingerprint density at radius 2 is 1.72 bits per heavy atom. The maximum Gasteiger partial charge on any atom is 0.331 e. The lowest BCUT2D eigenvalue weighted by Gasteiger charge is -2.26. The Hall–Kier alpha value is -5.12. The van der Waals surface area contributed by atoms with Crippen LogP contribution in [-0.2, 0) is 29.2 Å². The molecule has 0 atom stereocenters. The first-order chi connectivity index (χ1) is 20.8. The highest BCUT2D eigenvalue weighted by atomic mass is 19.1. The van der Waals surface area contributed by atoms with Crippen LogP contribution in [0.15, 0.2) is 72.8 Å². The number of urea groups is 1. The summed E-state index contributed by atoms with van der Waals surface area (Å²) in [6.07, 6.45) is 4.27. The summed E-state index contributed by atoms with van der Waals surface area (Å²) < 4.78 is 36.3. The Balaban J connectivity index is 1.62. The van der Waals surface area contributed by atoms with Crippen LogP contribution in [0.4, 0.5) is 9.18 Å². The molecule has 4 rings (SSSR count). The van der Waals surface area contributed by atoms with Crippen LogP contribution in [0.1, 0.15) is 35.6 Å². The average Bonchev–Trinajstić information content (AvgIpc) is 2.99. The molecule has 1 heterocycles. The van der Waals surface area contributed by atoms with E-state index in [4.69, 9.17) is 18.9 Å². The van der Waals surface area contributed by atoms with Gasteiger partial charge in [0.05, 0.1) is 27.4 Å². The Bertz CT molecular complexity index is 1570. The first-order valence-electron chi connectivity index (χ1n) is 13.7. The van der Waals surface area contributed by atoms with Gasteiger partial charge in [0.1, 0.15) is 18.0 Å². The molecular formula is C33H33FN2O7. The summed E-state index contributed by atoms with van der Waals surface area (Å²) in [4.78, 5) is 39.9. The first-order valence-corrected chi connectivity index (χ1v) is 13.7. The van der Waals surface area contributed by atoms with E-state index in [0.717, 1.165) is 11.3 Å². The van der Waals surface area contributed by atoms with E-state index < -0.39 is 17.8 Å². The fourth-order valence-corrected chi connectivity index (χ4v) is 4.50. The lowest BCUT2D eigenvalue weighted by molar-refractivity contribution is -0.130. The fourth-order valence-electron chi connectivity index (χ4n) is 4.50. The number of benzene rings is 3. The second-order valence-electron chi connectivity index (χ2n) is 9.67. The van der Waals surface area contributed by atoms with Crippen molar-refractivity contribution in [2.75, 3.05) is 20.8 Å². The molecule has 1 N–H and O–H groups in total. The van der Waals surface area contributed by atoms with Crippen LogP contribution in [-0.4, -0.2) is 43.6 Å². The number of allylic oxidation sites excluding steroid dienone is 1. The van der Waals surface area contributed by atoms with E-state index in [1.807, 2.05) is 6.92 Å². The average molecular weight is 589 g/mol. The maximum atomic E-state index is 13.6. The minimum atomic E-state index is -0.830. The predicted molar refractivity (Wildman–Crippen MR) is 158 cm³/mol. The third kappa shape index (κ3) is 7.40. The SMILES string of the molecule is C=CCc1cc(/C=C2\C(=O)NC(=O)N(Cc3ccc(OCCC)c(OC)c3)C2=O)cc(OC)c1OCc1cccc(F)c1. The number of imide groups is 2. The lowest BCUT2D eigenvalue weighted by Crippen LogP contribution is -2.53. The van der Waals surface area contributed by atoms with E-state index in [-0.39, 0.29) is 24.5 Å². The number of hydrogen-bond donors (Lipinski definition) is 1. The number of barbiturate groups is 1. The van der Waals surface area contributed by atoms with Crippen molar-refractivity contribution in [2.45, 2.75) is 32.9 Å². The van der Waals surface area contributed by atoms with Crippen LogP contribution in [0.5, 0.6) is 23.0 Å². The number of carbonyl (C=O) groups excluding carboxylic acids is 3. The predicted octanol–water partition coefficient (Wildman–Crippen LogP) is 5.60. The van der Waals surface area contributed by atoms with Gasteiger partial charge >= 0.3 is 6.03 Å². The topological polar surface area (TPSA) is 103 Å². The van der Waals surface area contributed by atoms with E-state index in [9.17, 15) is 18.8 Å². The number of ether oxygens (including phenoxy) is 4. The molecule has 0 aliphatic carbocycles. The number of methoxy groups -OCH3 is 2. The molecule has 0 radical (unpaired) electrons. The van der Waals surface area contributed by atoms with Crippen LogP contribution in [0.2, 0.25) is 0 Å². The van der Waals surface area contributed by atoms with Crippen molar-refractivity contribution in [3.8, 4) is 23.0 Å². The molecule has 0 unspecified atom stereocenters. The molecule has 0 saturated carbocycles. The highest BCUT2D eigenvalue weighted by Crippen LogP contribution is 2.35. The summed E-state index contributed by atoms with van der Waals surface area (Å²) in [5, 5.41) is 2.24. The van der Waals surface area contributed by atoms with Crippen molar-refractivity contribution < 1.29 is 37.7 Å². The van der Waals surface area contributed by atoms with Crippen LogP contribution >= 0.6 is 0 Å². The molecule has 43 heavy (non-hydrogen) atoms. The second-order valence-corrected chi connectivity index (χ2v) is 9.67. The third-order valence-corrected chi connectivity index (χ3v) is 6.54. The molecule has 1 aliphatic rings. The van der Waals surface area contributed by atoms with Crippen molar-refractivity contribution in [3.05, 3.63) is 101 Å². The smallest absolute Gasteiger partial charge is 0.331 e. The van der Waals surface area contributed by atoms with Crippen LogP contribution < -0.4 is 24.3 Å². The molecule has 224 valence electrons. The van der Waals surface area contributed by atoms with Gasteiger partial charge in [-0.05, 0) is 72.0 Å². The zero-order valence-corrected chi connectivity index (χ0v) is 24.3. The van der Waals surface area contributed by atoms with Crippen molar-refractivity contribution in [3.63, 3.8) is 0 Å². The largest absolute Gasteiger partial charge is 0.493 e. The monoisotopic (exact) mass is 588 g/mol. The van der Waals surface area contributed by atoms with Gasteiger partial charge in [0.15, 0.2) is 23.0 Å². The highest BCUT2D eigenvalue weighted by molar-refractivity contribution is 6.31. The number of amides is 4. The van der Waals surface area contributed by atoms with Gasteiger partial charge in [0, 0.05) is 5.56 Å². The number of carbonyl (C=O) groups is 3. The molecule has 3 aromatic rings. The van der Waals surface area contributed by atoms with E-state index in [2.05, 4.69) is 11.9 Å². The van der Waals surface area contributed by atoms with Gasteiger partial charge in [-0.2, -0.15) is 0 Å². The van der Waals surface area contributed by atoms with Gasteiger partial charge in [-0.3, -0.25) is 19.8 Å². The minimum absolute atomic E-state index is 0.0904.